The number of amides is 9. The highest BCUT2D eigenvalue weighted by Crippen LogP contribution is 2.24. The van der Waals surface area contributed by atoms with Gasteiger partial charge in [-0.25, -0.2) is 0 Å². The Morgan fingerprint density at radius 1 is 0.823 bits per heavy atom. The smallest absolute Gasteiger partial charge is 0.245 e. The molecule has 2 aliphatic heterocycles. The SMILES string of the molecule is CSCC[C@@H]1NC(=O)[C@H](NC(C)=O)CSSC[C@@H](C(N)=O)NC(=O)CNC(=O)[C@H](CCCN=C(N)N)NC(=O)[C@H](CC(C)C)NC(=O)[C@H](CCCN)NC(=O)[C@@H]2CCCN2C1=O. The van der Waals surface area contributed by atoms with Crippen LogP contribution in [0.25, 0.3) is 0 Å². The average Bonchev–Trinajstić information content (AvgIpc) is 3.70. The lowest BCUT2D eigenvalue weighted by Gasteiger charge is -2.31. The topological polar surface area (TPSA) is 358 Å². The highest BCUT2D eigenvalue weighted by atomic mass is 33.1. The number of rotatable bonds is 14. The number of hydrogen-bond donors (Lipinski definition) is 11. The van der Waals surface area contributed by atoms with Gasteiger partial charge in [-0.3, -0.25) is 48.1 Å². The van der Waals surface area contributed by atoms with Gasteiger partial charge < -0.3 is 65.1 Å². The fraction of sp³-hybridized carbons (Fsp3) is 0.730. The zero-order chi connectivity index (χ0) is 46.4. The Morgan fingerprint density at radius 3 is 2.06 bits per heavy atom. The normalized spacial score (nSPS) is 25.6. The van der Waals surface area contributed by atoms with Crippen molar-refractivity contribution in [2.24, 2.45) is 33.8 Å². The summed E-state index contributed by atoms with van der Waals surface area (Å²) in [6, 6.07) is -7.91. The van der Waals surface area contributed by atoms with Gasteiger partial charge in [-0.15, -0.1) is 0 Å². The number of carbonyl (C=O) groups excluding carboxylic acids is 9. The molecule has 0 spiro atoms. The molecule has 0 aromatic carbocycles. The number of carbonyl (C=O) groups is 9. The molecule has 62 heavy (non-hydrogen) atoms. The summed E-state index contributed by atoms with van der Waals surface area (Å²) in [5.41, 5.74) is 22.2. The number of primary amides is 1. The molecule has 0 aliphatic carbocycles. The summed E-state index contributed by atoms with van der Waals surface area (Å²) < 4.78 is 0. The molecule has 15 N–H and O–H groups in total. The molecule has 25 heteroatoms. The van der Waals surface area contributed by atoms with E-state index in [0.29, 0.717) is 18.6 Å². The molecule has 2 fully saturated rings. The molecule has 0 aromatic heterocycles. The third kappa shape index (κ3) is 19.3. The second kappa shape index (κ2) is 28.2. The quantitative estimate of drug-likeness (QED) is 0.0348. The third-order valence-corrected chi connectivity index (χ3v) is 12.7. The van der Waals surface area contributed by atoms with E-state index in [-0.39, 0.29) is 81.5 Å². The van der Waals surface area contributed by atoms with E-state index in [4.69, 9.17) is 22.9 Å². The fourth-order valence-corrected chi connectivity index (χ4v) is 9.35. The minimum Gasteiger partial charge on any atom is -0.370 e. The number of nitrogens with one attached hydrogen (secondary N) is 7. The number of hydrogen-bond acceptors (Lipinski definition) is 14. The zero-order valence-corrected chi connectivity index (χ0v) is 38.3. The van der Waals surface area contributed by atoms with Gasteiger partial charge in [0, 0.05) is 31.5 Å². The Labute approximate surface area is 374 Å². The molecule has 0 bridgehead atoms. The Morgan fingerprint density at radius 2 is 1.44 bits per heavy atom. The second-order valence-corrected chi connectivity index (χ2v) is 18.8. The van der Waals surface area contributed by atoms with Crippen molar-refractivity contribution in [3.05, 3.63) is 0 Å². The van der Waals surface area contributed by atoms with Crippen molar-refractivity contribution in [3.63, 3.8) is 0 Å². The van der Waals surface area contributed by atoms with Gasteiger partial charge in [0.15, 0.2) is 5.96 Å². The van der Waals surface area contributed by atoms with Crippen molar-refractivity contribution in [1.29, 1.82) is 0 Å². The second-order valence-electron chi connectivity index (χ2n) is 15.3. The molecule has 7 atom stereocenters. The summed E-state index contributed by atoms with van der Waals surface area (Å²) in [4.78, 5) is 126. The van der Waals surface area contributed by atoms with Crippen LogP contribution in [0, 0.1) is 5.92 Å². The van der Waals surface area contributed by atoms with E-state index in [1.165, 1.54) is 23.6 Å². The monoisotopic (exact) mass is 931 g/mol. The van der Waals surface area contributed by atoms with Crippen molar-refractivity contribution in [2.45, 2.75) is 114 Å². The molecule has 22 nitrogen and oxygen atoms in total. The van der Waals surface area contributed by atoms with E-state index in [0.717, 1.165) is 21.6 Å². The lowest BCUT2D eigenvalue weighted by molar-refractivity contribution is -0.142. The predicted octanol–water partition coefficient (Wildman–Crippen LogP) is -3.51. The van der Waals surface area contributed by atoms with Crippen molar-refractivity contribution in [1.82, 2.24) is 42.1 Å². The maximum atomic E-state index is 14.2. The van der Waals surface area contributed by atoms with Crippen molar-refractivity contribution < 1.29 is 43.2 Å². The van der Waals surface area contributed by atoms with E-state index in [1.807, 2.05) is 20.1 Å². The molecule has 2 aliphatic rings. The summed E-state index contributed by atoms with van der Waals surface area (Å²) in [6.45, 7) is 4.81. The molecule has 9 amide bonds. The van der Waals surface area contributed by atoms with Gasteiger partial charge in [0.25, 0.3) is 0 Å². The van der Waals surface area contributed by atoms with E-state index in [2.05, 4.69) is 42.2 Å². The molecular formula is C37H65N13O9S3. The number of nitrogens with two attached hydrogens (primary N) is 4. The van der Waals surface area contributed by atoms with E-state index in [9.17, 15) is 43.2 Å². The standard InChI is InChI=1S/C37H65N13O9S3/c1-20(2)16-25-33(56)46-22(9-6-13-42-37(40)41)31(54)43-17-29(52)45-26(30(39)53)18-61-62-19-27(44-21(3)51)34(57)48-24(11-15-60-4)36(59)50-14-7-10-28(50)35(58)47-23(8-5-12-38)32(55)49-25/h20,22-28H,5-19,38H2,1-4H3,(H2,39,53)(H,43,54)(H,44,51)(H,45,52)(H,46,56)(H,47,58)(H,48,57)(H,49,55)(H4,40,41,42)/t22-,23-,24-,25-,26-,27+,28-/m0/s1. The van der Waals surface area contributed by atoms with Crippen LogP contribution < -0.4 is 60.2 Å². The van der Waals surface area contributed by atoms with Crippen molar-refractivity contribution >= 4 is 92.5 Å². The minimum absolute atomic E-state index is 0.00960. The van der Waals surface area contributed by atoms with Crippen LogP contribution in [0.4, 0.5) is 0 Å². The number of aliphatic imine (C=N–C) groups is 1. The first kappa shape index (κ1) is 53.6. The molecule has 0 saturated carbocycles. The summed E-state index contributed by atoms with van der Waals surface area (Å²) in [5, 5.41) is 18.5. The predicted molar refractivity (Wildman–Crippen MR) is 240 cm³/mol. The molecule has 0 radical (unpaired) electrons. The molecule has 2 saturated heterocycles. The summed E-state index contributed by atoms with van der Waals surface area (Å²) in [7, 11) is 2.19. The zero-order valence-electron chi connectivity index (χ0n) is 35.8. The molecule has 350 valence electrons. The molecular weight excluding hydrogens is 867 g/mol. The van der Waals surface area contributed by atoms with E-state index >= 15 is 0 Å². The van der Waals surface area contributed by atoms with Crippen LogP contribution in [0.5, 0.6) is 0 Å². The van der Waals surface area contributed by atoms with Crippen LogP contribution in [0.3, 0.4) is 0 Å². The lowest BCUT2D eigenvalue weighted by Crippen LogP contribution is -2.60. The van der Waals surface area contributed by atoms with Crippen molar-refractivity contribution in [3.8, 4) is 0 Å². The van der Waals surface area contributed by atoms with Gasteiger partial charge in [0.2, 0.25) is 53.2 Å². The first-order valence-corrected chi connectivity index (χ1v) is 24.4. The van der Waals surface area contributed by atoms with Gasteiger partial charge in [0.1, 0.15) is 42.3 Å². The maximum Gasteiger partial charge on any atom is 0.245 e. The number of nitrogens with zero attached hydrogens (tertiary/aromatic N) is 2. The fourth-order valence-electron chi connectivity index (χ4n) is 6.54. The average molecular weight is 932 g/mol. The summed E-state index contributed by atoms with van der Waals surface area (Å²) in [6.07, 6.45) is 3.64. The Kier molecular flexibility index (Phi) is 24.4. The Hall–Kier alpha value is -4.49. The van der Waals surface area contributed by atoms with Gasteiger partial charge >= 0.3 is 0 Å². The highest BCUT2D eigenvalue weighted by Gasteiger charge is 2.40. The van der Waals surface area contributed by atoms with Gasteiger partial charge in [-0.05, 0) is 75.8 Å². The van der Waals surface area contributed by atoms with Crippen LogP contribution in [0.1, 0.15) is 72.1 Å². The highest BCUT2D eigenvalue weighted by molar-refractivity contribution is 8.76. The molecule has 2 heterocycles. The first-order valence-electron chi connectivity index (χ1n) is 20.5. The Balaban J connectivity index is 2.57. The van der Waals surface area contributed by atoms with Crippen LogP contribution >= 0.6 is 33.3 Å². The number of fused-ring (bicyclic) bond motifs is 1. The van der Waals surface area contributed by atoms with E-state index in [1.54, 1.807) is 0 Å². The van der Waals surface area contributed by atoms with Gasteiger partial charge in [0.05, 0.1) is 6.54 Å². The van der Waals surface area contributed by atoms with Gasteiger partial charge in [-0.1, -0.05) is 35.4 Å². The van der Waals surface area contributed by atoms with E-state index < -0.39 is 102 Å². The number of guanidine groups is 1. The third-order valence-electron chi connectivity index (χ3n) is 9.66. The molecule has 0 unspecified atom stereocenters. The largest absolute Gasteiger partial charge is 0.370 e. The van der Waals surface area contributed by atoms with Crippen molar-refractivity contribution in [2.75, 3.05) is 49.7 Å². The summed E-state index contributed by atoms with van der Waals surface area (Å²) in [5.74, 6) is -5.96. The Bertz CT molecular complexity index is 1600. The maximum absolute atomic E-state index is 14.2. The molecule has 2 rings (SSSR count). The molecule has 0 aromatic rings. The minimum atomic E-state index is -1.22. The van der Waals surface area contributed by atoms with Gasteiger partial charge in [-0.2, -0.15) is 11.8 Å². The first-order chi connectivity index (χ1) is 29.4. The van der Waals surface area contributed by atoms with Crippen LogP contribution in [0.15, 0.2) is 4.99 Å². The summed E-state index contributed by atoms with van der Waals surface area (Å²) >= 11 is 1.45. The number of thioether (sulfide) groups is 1. The van der Waals surface area contributed by atoms with Crippen LogP contribution in [-0.2, 0) is 43.2 Å². The lowest BCUT2D eigenvalue weighted by atomic mass is 10.0. The van der Waals surface area contributed by atoms with Crippen LogP contribution in [0.2, 0.25) is 0 Å². The van der Waals surface area contributed by atoms with Crippen LogP contribution in [-0.4, -0.2) is 156 Å².